The quantitative estimate of drug-likeness (QED) is 0.300. The monoisotopic (exact) mass is 474 g/mol. The smallest absolute Gasteiger partial charge is 0.249 e. The lowest BCUT2D eigenvalue weighted by Crippen LogP contribution is -2.11. The minimum atomic E-state index is -0.454. The highest BCUT2D eigenvalue weighted by Crippen LogP contribution is 2.35. The van der Waals surface area contributed by atoms with Crippen LogP contribution in [0.1, 0.15) is 15.9 Å². The van der Waals surface area contributed by atoms with Crippen molar-refractivity contribution in [2.24, 2.45) is 5.73 Å². The van der Waals surface area contributed by atoms with Crippen molar-refractivity contribution in [1.82, 2.24) is 4.57 Å². The lowest BCUT2D eigenvalue weighted by Gasteiger charge is -2.10. The summed E-state index contributed by atoms with van der Waals surface area (Å²) in [5.41, 5.74) is 11.2. The van der Waals surface area contributed by atoms with Gasteiger partial charge in [-0.1, -0.05) is 53.5 Å². The topological polar surface area (TPSA) is 57.2 Å². The lowest BCUT2D eigenvalue weighted by atomic mass is 10.0. The zero-order valence-electron chi connectivity index (χ0n) is 17.8. The Morgan fingerprint density at radius 3 is 2.24 bits per heavy atom. The van der Waals surface area contributed by atoms with E-state index in [-0.39, 0.29) is 0 Å². The summed E-state index contributed by atoms with van der Waals surface area (Å²) >= 11 is 12.5. The van der Waals surface area contributed by atoms with Gasteiger partial charge in [-0.15, -0.1) is 0 Å². The minimum Gasteiger partial charge on any atom is -0.497 e. The van der Waals surface area contributed by atoms with Crippen molar-refractivity contribution in [1.29, 1.82) is 0 Å². The SMILES string of the molecule is COc1ccc(-c2ccc3c4c(C(N)=O)cccc4n(Cc4cc(Cl)cc(Cl)c4)c3c2)cc1. The molecule has 0 bridgehead atoms. The Kier molecular flexibility index (Phi) is 5.49. The molecule has 4 aromatic carbocycles. The fraction of sp³-hybridized carbons (Fsp3) is 0.0741. The number of primary amides is 1. The first-order valence-corrected chi connectivity index (χ1v) is 11.1. The number of halogens is 2. The van der Waals surface area contributed by atoms with Gasteiger partial charge in [-0.2, -0.15) is 0 Å². The molecule has 2 N–H and O–H groups in total. The number of carbonyl (C=O) groups is 1. The van der Waals surface area contributed by atoms with Gasteiger partial charge in [0, 0.05) is 32.9 Å². The molecule has 0 aliphatic carbocycles. The average Bonchev–Trinajstić information content (AvgIpc) is 3.11. The summed E-state index contributed by atoms with van der Waals surface area (Å²) in [6.45, 7) is 0.536. The summed E-state index contributed by atoms with van der Waals surface area (Å²) in [5, 5.41) is 2.96. The number of methoxy groups -OCH3 is 1. The van der Waals surface area contributed by atoms with E-state index in [1.54, 1.807) is 19.2 Å². The fourth-order valence-corrected chi connectivity index (χ4v) is 4.94. The van der Waals surface area contributed by atoms with E-state index in [1.807, 2.05) is 54.6 Å². The molecule has 1 aromatic heterocycles. The molecule has 164 valence electrons. The number of ether oxygens (including phenoxy) is 1. The van der Waals surface area contributed by atoms with Gasteiger partial charge in [-0.05, 0) is 65.2 Å². The molecule has 0 saturated carbocycles. The molecule has 0 aliphatic heterocycles. The van der Waals surface area contributed by atoms with Crippen LogP contribution in [0.25, 0.3) is 32.9 Å². The second-order valence-electron chi connectivity index (χ2n) is 7.89. The first-order chi connectivity index (χ1) is 15.9. The highest BCUT2D eigenvalue weighted by atomic mass is 35.5. The van der Waals surface area contributed by atoms with E-state index in [0.717, 1.165) is 44.2 Å². The van der Waals surface area contributed by atoms with Gasteiger partial charge in [0.15, 0.2) is 0 Å². The number of carbonyl (C=O) groups excluding carboxylic acids is 1. The predicted octanol–water partition coefficient (Wildman–Crippen LogP) is 6.92. The molecule has 0 aliphatic rings. The second kappa shape index (κ2) is 8.47. The van der Waals surface area contributed by atoms with Crippen LogP contribution >= 0.6 is 23.2 Å². The lowest BCUT2D eigenvalue weighted by molar-refractivity contribution is 0.100. The third kappa shape index (κ3) is 3.92. The molecule has 1 heterocycles. The van der Waals surface area contributed by atoms with E-state index < -0.39 is 5.91 Å². The van der Waals surface area contributed by atoms with Crippen molar-refractivity contribution >= 4 is 50.9 Å². The molecule has 4 nitrogen and oxygen atoms in total. The Morgan fingerprint density at radius 1 is 0.879 bits per heavy atom. The van der Waals surface area contributed by atoms with Crippen LogP contribution in [0.4, 0.5) is 0 Å². The number of fused-ring (bicyclic) bond motifs is 3. The van der Waals surface area contributed by atoms with E-state index >= 15 is 0 Å². The number of hydrogen-bond donors (Lipinski definition) is 1. The van der Waals surface area contributed by atoms with Crippen LogP contribution in [0.2, 0.25) is 10.0 Å². The van der Waals surface area contributed by atoms with Gasteiger partial charge in [0.1, 0.15) is 5.75 Å². The van der Waals surface area contributed by atoms with Crippen LogP contribution in [-0.2, 0) is 6.54 Å². The van der Waals surface area contributed by atoms with Crippen molar-refractivity contribution in [3.63, 3.8) is 0 Å². The third-order valence-corrected chi connectivity index (χ3v) is 6.28. The van der Waals surface area contributed by atoms with Gasteiger partial charge in [0.2, 0.25) is 5.91 Å². The standard InChI is InChI=1S/C27H20Cl2N2O2/c1-33-21-8-5-17(6-9-21)18-7-10-22-25(13-18)31(15-16-11-19(28)14-20(29)12-16)24-4-2-3-23(26(22)24)27(30)32/h2-14H,15H2,1H3,(H2,30,32). The van der Waals surface area contributed by atoms with E-state index in [4.69, 9.17) is 33.7 Å². The number of rotatable bonds is 5. The first-order valence-electron chi connectivity index (χ1n) is 10.4. The Bertz CT molecular complexity index is 1500. The normalized spacial score (nSPS) is 11.2. The van der Waals surface area contributed by atoms with Gasteiger partial charge >= 0.3 is 0 Å². The van der Waals surface area contributed by atoms with E-state index in [2.05, 4.69) is 16.7 Å². The summed E-state index contributed by atoms with van der Waals surface area (Å²) in [6.07, 6.45) is 0. The van der Waals surface area contributed by atoms with Crippen molar-refractivity contribution in [2.75, 3.05) is 7.11 Å². The minimum absolute atomic E-state index is 0.454. The van der Waals surface area contributed by atoms with E-state index in [9.17, 15) is 4.79 Å². The van der Waals surface area contributed by atoms with Crippen LogP contribution in [0.3, 0.4) is 0 Å². The Balaban J connectivity index is 1.77. The first kappa shape index (κ1) is 21.4. The van der Waals surface area contributed by atoms with Crippen molar-refractivity contribution in [3.8, 4) is 16.9 Å². The van der Waals surface area contributed by atoms with E-state index in [1.165, 1.54) is 0 Å². The maximum absolute atomic E-state index is 12.2. The summed E-state index contributed by atoms with van der Waals surface area (Å²) < 4.78 is 7.46. The molecule has 0 atom stereocenters. The molecule has 33 heavy (non-hydrogen) atoms. The molecule has 0 unspecified atom stereocenters. The Morgan fingerprint density at radius 2 is 1.58 bits per heavy atom. The molecule has 0 saturated heterocycles. The maximum atomic E-state index is 12.2. The highest BCUT2D eigenvalue weighted by Gasteiger charge is 2.17. The predicted molar refractivity (Wildman–Crippen MR) is 136 cm³/mol. The number of hydrogen-bond acceptors (Lipinski definition) is 2. The van der Waals surface area contributed by atoms with Crippen molar-refractivity contribution < 1.29 is 9.53 Å². The molecular weight excluding hydrogens is 455 g/mol. The zero-order valence-corrected chi connectivity index (χ0v) is 19.3. The number of aromatic nitrogens is 1. The second-order valence-corrected chi connectivity index (χ2v) is 8.76. The summed E-state index contributed by atoms with van der Waals surface area (Å²) in [5.74, 6) is 0.350. The molecule has 0 fully saturated rings. The van der Waals surface area contributed by atoms with Gasteiger partial charge in [0.05, 0.1) is 18.1 Å². The number of nitrogens with zero attached hydrogens (tertiary/aromatic N) is 1. The molecule has 6 heteroatoms. The molecular formula is C27H20Cl2N2O2. The number of benzene rings is 4. The largest absolute Gasteiger partial charge is 0.497 e. The zero-order chi connectivity index (χ0) is 23.1. The summed E-state index contributed by atoms with van der Waals surface area (Å²) in [7, 11) is 1.65. The molecule has 0 radical (unpaired) electrons. The summed E-state index contributed by atoms with van der Waals surface area (Å²) in [6, 6.07) is 25.3. The van der Waals surface area contributed by atoms with Crippen LogP contribution in [-0.4, -0.2) is 17.6 Å². The average molecular weight is 475 g/mol. The van der Waals surface area contributed by atoms with Crippen LogP contribution < -0.4 is 10.5 Å². The molecule has 0 spiro atoms. The molecule has 5 rings (SSSR count). The number of amides is 1. The van der Waals surface area contributed by atoms with Gasteiger partial charge < -0.3 is 15.0 Å². The maximum Gasteiger partial charge on any atom is 0.249 e. The number of nitrogens with two attached hydrogens (primary N) is 1. The van der Waals surface area contributed by atoms with Gasteiger partial charge in [0.25, 0.3) is 0 Å². The van der Waals surface area contributed by atoms with E-state index in [0.29, 0.717) is 22.2 Å². The van der Waals surface area contributed by atoms with Gasteiger partial charge in [-0.3, -0.25) is 4.79 Å². The Hall–Kier alpha value is -3.47. The Labute approximate surface area is 201 Å². The van der Waals surface area contributed by atoms with Crippen LogP contribution in [0.15, 0.2) is 78.9 Å². The van der Waals surface area contributed by atoms with Crippen molar-refractivity contribution in [2.45, 2.75) is 6.54 Å². The molecule has 1 amide bonds. The summed E-state index contributed by atoms with van der Waals surface area (Å²) in [4.78, 5) is 12.2. The molecule has 5 aromatic rings. The van der Waals surface area contributed by atoms with Crippen LogP contribution in [0, 0.1) is 0 Å². The van der Waals surface area contributed by atoms with Crippen molar-refractivity contribution in [3.05, 3.63) is 100 Å². The van der Waals surface area contributed by atoms with Crippen LogP contribution in [0.5, 0.6) is 5.75 Å². The fourth-order valence-electron chi connectivity index (χ4n) is 4.37. The van der Waals surface area contributed by atoms with Gasteiger partial charge in [-0.25, -0.2) is 0 Å². The third-order valence-electron chi connectivity index (χ3n) is 5.84. The highest BCUT2D eigenvalue weighted by molar-refractivity contribution is 6.34.